The Morgan fingerprint density at radius 1 is 1.36 bits per heavy atom. The summed E-state index contributed by atoms with van der Waals surface area (Å²) >= 11 is 0. The van der Waals surface area contributed by atoms with Gasteiger partial charge in [-0.15, -0.1) is 10.2 Å². The molecule has 3 heterocycles. The van der Waals surface area contributed by atoms with E-state index in [9.17, 15) is 5.26 Å². The van der Waals surface area contributed by atoms with Crippen LogP contribution in [0.3, 0.4) is 0 Å². The molecule has 1 aromatic carbocycles. The monoisotopic (exact) mass is 334 g/mol. The second-order valence-corrected chi connectivity index (χ2v) is 6.17. The van der Waals surface area contributed by atoms with Crippen LogP contribution in [0.1, 0.15) is 24.0 Å². The molecular weight excluding hydrogens is 316 g/mol. The van der Waals surface area contributed by atoms with Crippen molar-refractivity contribution in [2.24, 2.45) is 13.0 Å². The van der Waals surface area contributed by atoms with E-state index in [-0.39, 0.29) is 12.0 Å². The number of aromatic nitrogens is 4. The first-order valence-corrected chi connectivity index (χ1v) is 8.26. The Balaban J connectivity index is 1.60. The van der Waals surface area contributed by atoms with Gasteiger partial charge in [-0.3, -0.25) is 0 Å². The average Bonchev–Trinajstić information content (AvgIpc) is 3.27. The quantitative estimate of drug-likeness (QED) is 0.788. The lowest BCUT2D eigenvalue weighted by atomic mass is 10.0. The predicted octanol–water partition coefficient (Wildman–Crippen LogP) is 2.42. The van der Waals surface area contributed by atoms with E-state index in [0.29, 0.717) is 18.8 Å². The Kier molecular flexibility index (Phi) is 4.04. The van der Waals surface area contributed by atoms with Gasteiger partial charge in [0.15, 0.2) is 5.69 Å². The fourth-order valence-corrected chi connectivity index (χ4v) is 3.32. The smallest absolute Gasteiger partial charge is 0.186 e. The Morgan fingerprint density at radius 2 is 2.24 bits per heavy atom. The van der Waals surface area contributed by atoms with Gasteiger partial charge in [-0.25, -0.2) is 4.98 Å². The molecule has 1 fully saturated rings. The highest BCUT2D eigenvalue weighted by molar-refractivity contribution is 5.92. The Labute approximate surface area is 145 Å². The minimum atomic E-state index is -0.0425. The number of hydrogen-bond donors (Lipinski definition) is 1. The highest BCUT2D eigenvalue weighted by Crippen LogP contribution is 2.34. The maximum Gasteiger partial charge on any atom is 0.186 e. The summed E-state index contributed by atoms with van der Waals surface area (Å²) < 4.78 is 7.90. The van der Waals surface area contributed by atoms with Crippen LogP contribution >= 0.6 is 0 Å². The highest BCUT2D eigenvalue weighted by Gasteiger charge is 2.32. The van der Waals surface area contributed by atoms with Crippen LogP contribution in [-0.4, -0.2) is 32.9 Å². The maximum atomic E-state index is 9.38. The second-order valence-electron chi connectivity index (χ2n) is 6.17. The van der Waals surface area contributed by atoms with Gasteiger partial charge in [-0.05, 0) is 12.5 Å². The number of ether oxygens (including phenoxy) is 1. The topological polar surface area (TPSA) is 88.6 Å². The molecule has 7 nitrogen and oxygen atoms in total. The first-order chi connectivity index (χ1) is 12.3. The number of nitrogens with one attached hydrogen (secondary N) is 1. The minimum Gasteiger partial charge on any atom is -0.382 e. The third-order valence-electron chi connectivity index (χ3n) is 4.64. The molecular formula is C18H18N6O. The van der Waals surface area contributed by atoms with Gasteiger partial charge in [0.25, 0.3) is 0 Å². The number of rotatable bonds is 4. The van der Waals surface area contributed by atoms with Crippen molar-refractivity contribution in [1.82, 2.24) is 19.7 Å². The van der Waals surface area contributed by atoms with Crippen LogP contribution in [0.2, 0.25) is 0 Å². The third kappa shape index (κ3) is 2.81. The van der Waals surface area contributed by atoms with Crippen molar-refractivity contribution in [1.29, 1.82) is 5.26 Å². The van der Waals surface area contributed by atoms with Crippen molar-refractivity contribution < 1.29 is 4.74 Å². The number of hydrogen-bond acceptors (Lipinski definition) is 6. The summed E-state index contributed by atoms with van der Waals surface area (Å²) in [6.07, 6.45) is 4.62. The molecule has 0 unspecified atom stereocenters. The normalized spacial score (nSPS) is 19.8. The summed E-state index contributed by atoms with van der Waals surface area (Å²) in [5.74, 6) is 1.21. The van der Waals surface area contributed by atoms with E-state index in [1.807, 2.05) is 42.1 Å². The Morgan fingerprint density at radius 3 is 3.04 bits per heavy atom. The van der Waals surface area contributed by atoms with Crippen molar-refractivity contribution in [3.8, 4) is 6.07 Å². The summed E-state index contributed by atoms with van der Waals surface area (Å²) in [4.78, 5) is 4.42. The first-order valence-electron chi connectivity index (χ1n) is 8.26. The summed E-state index contributed by atoms with van der Waals surface area (Å²) in [6, 6.07) is 9.82. The average molecular weight is 334 g/mol. The van der Waals surface area contributed by atoms with E-state index in [2.05, 4.69) is 26.6 Å². The molecule has 1 saturated heterocycles. The second kappa shape index (κ2) is 6.49. The molecule has 7 heteroatoms. The molecule has 3 aromatic rings. The van der Waals surface area contributed by atoms with E-state index >= 15 is 0 Å². The van der Waals surface area contributed by atoms with Crippen LogP contribution < -0.4 is 5.32 Å². The van der Waals surface area contributed by atoms with Gasteiger partial charge in [0.05, 0.1) is 11.2 Å². The Bertz CT molecular complexity index is 944. The van der Waals surface area contributed by atoms with Crippen LogP contribution in [0.15, 0.2) is 36.7 Å². The van der Waals surface area contributed by atoms with Crippen molar-refractivity contribution in [2.75, 3.05) is 18.5 Å². The third-order valence-corrected chi connectivity index (χ3v) is 4.64. The van der Waals surface area contributed by atoms with Crippen LogP contribution in [0.5, 0.6) is 0 Å². The van der Waals surface area contributed by atoms with E-state index < -0.39 is 0 Å². The Hall–Kier alpha value is -2.98. The van der Waals surface area contributed by atoms with Gasteiger partial charge in [0.2, 0.25) is 0 Å². The largest absolute Gasteiger partial charge is 0.382 e. The van der Waals surface area contributed by atoms with Crippen molar-refractivity contribution in [3.05, 3.63) is 48.2 Å². The molecule has 25 heavy (non-hydrogen) atoms. The summed E-state index contributed by atoms with van der Waals surface area (Å²) in [6.45, 7) is 1.40. The number of anilines is 1. The molecule has 0 bridgehead atoms. The number of nitriles is 1. The molecule has 0 saturated carbocycles. The van der Waals surface area contributed by atoms with Crippen molar-refractivity contribution in [2.45, 2.75) is 12.5 Å². The molecule has 2 aromatic heterocycles. The van der Waals surface area contributed by atoms with Crippen LogP contribution in [0.25, 0.3) is 10.9 Å². The summed E-state index contributed by atoms with van der Waals surface area (Å²) in [7, 11) is 1.97. The van der Waals surface area contributed by atoms with Crippen molar-refractivity contribution >= 4 is 16.6 Å². The highest BCUT2D eigenvalue weighted by atomic mass is 16.5. The van der Waals surface area contributed by atoms with Gasteiger partial charge >= 0.3 is 0 Å². The predicted molar refractivity (Wildman–Crippen MR) is 92.8 cm³/mol. The molecule has 1 aliphatic heterocycles. The number of nitrogens with zero attached hydrogens (tertiary/aromatic N) is 5. The lowest BCUT2D eigenvalue weighted by Crippen LogP contribution is -2.21. The molecule has 0 radical (unpaired) electrons. The standard InChI is InChI=1S/C18H18N6O/c1-24-8-7-20-18(24)17-12(6-9-25-17)11-21-16-13-4-2-3-5-14(13)22-23-15(16)10-19/h2-5,7-8,12,17H,6,9,11H2,1H3,(H,21,22)/t12-,17+/m0/s1. The molecule has 1 N–H and O–H groups in total. The minimum absolute atomic E-state index is 0.0425. The van der Waals surface area contributed by atoms with E-state index in [4.69, 9.17) is 4.74 Å². The zero-order valence-electron chi connectivity index (χ0n) is 13.9. The zero-order chi connectivity index (χ0) is 17.2. The lowest BCUT2D eigenvalue weighted by molar-refractivity contribution is 0.0839. The molecule has 126 valence electrons. The molecule has 0 amide bonds. The molecule has 1 aliphatic rings. The number of aryl methyl sites for hydroxylation is 1. The molecule has 2 atom stereocenters. The molecule has 0 spiro atoms. The van der Waals surface area contributed by atoms with Gasteiger partial charge < -0.3 is 14.6 Å². The number of benzene rings is 1. The summed E-state index contributed by atoms with van der Waals surface area (Å²) in [5.41, 5.74) is 1.82. The fraction of sp³-hybridized carbons (Fsp3) is 0.333. The number of imidazole rings is 1. The van der Waals surface area contributed by atoms with Gasteiger partial charge in [-0.1, -0.05) is 18.2 Å². The molecule has 4 rings (SSSR count). The van der Waals surface area contributed by atoms with Crippen LogP contribution in [0, 0.1) is 17.2 Å². The first kappa shape index (κ1) is 15.5. The van der Waals surface area contributed by atoms with Gasteiger partial charge in [0, 0.05) is 43.9 Å². The van der Waals surface area contributed by atoms with Crippen LogP contribution in [0.4, 0.5) is 5.69 Å². The van der Waals surface area contributed by atoms with Crippen LogP contribution in [-0.2, 0) is 11.8 Å². The molecule has 0 aliphatic carbocycles. The zero-order valence-corrected chi connectivity index (χ0v) is 13.9. The maximum absolute atomic E-state index is 9.38. The van der Waals surface area contributed by atoms with E-state index in [1.165, 1.54) is 0 Å². The summed E-state index contributed by atoms with van der Waals surface area (Å²) in [5, 5.41) is 21.8. The van der Waals surface area contributed by atoms with Gasteiger partial charge in [0.1, 0.15) is 18.0 Å². The SMILES string of the molecule is Cn1ccnc1[C@@H]1OCC[C@H]1CNc1c(C#N)nnc2ccccc12. The van der Waals surface area contributed by atoms with E-state index in [0.717, 1.165) is 28.8 Å². The lowest BCUT2D eigenvalue weighted by Gasteiger charge is -2.20. The van der Waals surface area contributed by atoms with E-state index in [1.54, 1.807) is 6.20 Å². The van der Waals surface area contributed by atoms with Crippen molar-refractivity contribution in [3.63, 3.8) is 0 Å². The number of fused-ring (bicyclic) bond motifs is 1. The van der Waals surface area contributed by atoms with Gasteiger partial charge in [-0.2, -0.15) is 5.26 Å². The fourth-order valence-electron chi connectivity index (χ4n) is 3.32.